The van der Waals surface area contributed by atoms with Crippen LogP contribution in [0.25, 0.3) is 0 Å². The summed E-state index contributed by atoms with van der Waals surface area (Å²) in [6, 6.07) is 14.0. The predicted octanol–water partition coefficient (Wildman–Crippen LogP) is 4.13. The lowest BCUT2D eigenvalue weighted by Gasteiger charge is -2.12. The molecular formula is C18H20O2. The molecular weight excluding hydrogens is 248 g/mol. The molecule has 2 aromatic rings. The van der Waals surface area contributed by atoms with Gasteiger partial charge in [0, 0.05) is 6.42 Å². The Balaban J connectivity index is 2.17. The van der Waals surface area contributed by atoms with Gasteiger partial charge in [-0.1, -0.05) is 36.4 Å². The molecule has 0 spiro atoms. The molecule has 104 valence electrons. The van der Waals surface area contributed by atoms with Crippen LogP contribution in [0, 0.1) is 13.8 Å². The first-order chi connectivity index (χ1) is 9.61. The van der Waals surface area contributed by atoms with E-state index >= 15 is 0 Å². The summed E-state index contributed by atoms with van der Waals surface area (Å²) in [7, 11) is 1.61. The third-order valence-electron chi connectivity index (χ3n) is 3.43. The lowest BCUT2D eigenvalue weighted by molar-refractivity contribution is 0.0979. The molecule has 0 aliphatic rings. The van der Waals surface area contributed by atoms with E-state index in [9.17, 15) is 4.79 Å². The molecule has 0 aliphatic carbocycles. The molecule has 0 saturated carbocycles. The van der Waals surface area contributed by atoms with E-state index in [1.165, 1.54) is 5.56 Å². The zero-order chi connectivity index (χ0) is 14.5. The van der Waals surface area contributed by atoms with Gasteiger partial charge < -0.3 is 4.74 Å². The first kappa shape index (κ1) is 14.3. The Bertz CT molecular complexity index is 600. The van der Waals surface area contributed by atoms with Crippen molar-refractivity contribution < 1.29 is 9.53 Å². The SMILES string of the molecule is COc1cc(C)cc(C)c1C(=O)CCc1ccccc1. The summed E-state index contributed by atoms with van der Waals surface area (Å²) in [5, 5.41) is 0. The van der Waals surface area contributed by atoms with Crippen LogP contribution in [0.2, 0.25) is 0 Å². The first-order valence-corrected chi connectivity index (χ1v) is 6.84. The minimum atomic E-state index is 0.142. The topological polar surface area (TPSA) is 26.3 Å². The highest BCUT2D eigenvalue weighted by Gasteiger charge is 2.15. The molecule has 0 amide bonds. The summed E-state index contributed by atoms with van der Waals surface area (Å²) >= 11 is 0. The van der Waals surface area contributed by atoms with E-state index in [0.717, 1.165) is 17.5 Å². The van der Waals surface area contributed by atoms with Crippen molar-refractivity contribution in [2.45, 2.75) is 26.7 Å². The Labute approximate surface area is 120 Å². The fraction of sp³-hybridized carbons (Fsp3) is 0.278. The average Bonchev–Trinajstić information content (AvgIpc) is 2.45. The second-order valence-corrected chi connectivity index (χ2v) is 5.07. The summed E-state index contributed by atoms with van der Waals surface area (Å²) in [4.78, 5) is 12.4. The van der Waals surface area contributed by atoms with Crippen molar-refractivity contribution in [3.05, 3.63) is 64.7 Å². The Morgan fingerprint density at radius 2 is 1.80 bits per heavy atom. The van der Waals surface area contributed by atoms with Gasteiger partial charge in [-0.3, -0.25) is 4.79 Å². The van der Waals surface area contributed by atoms with Crippen molar-refractivity contribution in [1.82, 2.24) is 0 Å². The molecule has 0 aliphatic heterocycles. The Morgan fingerprint density at radius 3 is 2.45 bits per heavy atom. The quantitative estimate of drug-likeness (QED) is 0.762. The van der Waals surface area contributed by atoms with E-state index in [2.05, 4.69) is 0 Å². The number of methoxy groups -OCH3 is 1. The highest BCUT2D eigenvalue weighted by Crippen LogP contribution is 2.26. The van der Waals surface area contributed by atoms with Gasteiger partial charge in [0.1, 0.15) is 5.75 Å². The Kier molecular flexibility index (Phi) is 4.57. The molecule has 2 nitrogen and oxygen atoms in total. The molecule has 0 saturated heterocycles. The van der Waals surface area contributed by atoms with E-state index in [0.29, 0.717) is 17.7 Å². The summed E-state index contributed by atoms with van der Waals surface area (Å²) in [6.45, 7) is 3.97. The molecule has 20 heavy (non-hydrogen) atoms. The van der Waals surface area contributed by atoms with Crippen molar-refractivity contribution in [1.29, 1.82) is 0 Å². The van der Waals surface area contributed by atoms with Gasteiger partial charge in [-0.15, -0.1) is 0 Å². The van der Waals surface area contributed by atoms with E-state index in [4.69, 9.17) is 4.74 Å². The van der Waals surface area contributed by atoms with Crippen LogP contribution in [0.15, 0.2) is 42.5 Å². The van der Waals surface area contributed by atoms with Crippen molar-refractivity contribution in [3.8, 4) is 5.75 Å². The second kappa shape index (κ2) is 6.38. The first-order valence-electron chi connectivity index (χ1n) is 6.84. The van der Waals surface area contributed by atoms with Crippen LogP contribution in [0.1, 0.15) is 33.5 Å². The summed E-state index contributed by atoms with van der Waals surface area (Å²) in [5.74, 6) is 0.823. The highest BCUT2D eigenvalue weighted by molar-refractivity contribution is 6.00. The zero-order valence-electron chi connectivity index (χ0n) is 12.3. The molecule has 0 atom stereocenters. The van der Waals surface area contributed by atoms with Crippen LogP contribution in [0.4, 0.5) is 0 Å². The molecule has 0 heterocycles. The Morgan fingerprint density at radius 1 is 1.10 bits per heavy atom. The Hall–Kier alpha value is -2.09. The van der Waals surface area contributed by atoms with Gasteiger partial charge >= 0.3 is 0 Å². The smallest absolute Gasteiger partial charge is 0.167 e. The van der Waals surface area contributed by atoms with Gasteiger partial charge in [-0.2, -0.15) is 0 Å². The number of rotatable bonds is 5. The third kappa shape index (κ3) is 3.27. The number of aryl methyl sites for hydroxylation is 3. The summed E-state index contributed by atoms with van der Waals surface area (Å²) in [5.41, 5.74) is 4.00. The summed E-state index contributed by atoms with van der Waals surface area (Å²) in [6.07, 6.45) is 1.26. The second-order valence-electron chi connectivity index (χ2n) is 5.07. The maximum Gasteiger partial charge on any atom is 0.167 e. The van der Waals surface area contributed by atoms with Crippen LogP contribution >= 0.6 is 0 Å². The third-order valence-corrected chi connectivity index (χ3v) is 3.43. The average molecular weight is 268 g/mol. The minimum absolute atomic E-state index is 0.142. The molecule has 0 unspecified atom stereocenters. The number of hydrogen-bond acceptors (Lipinski definition) is 2. The van der Waals surface area contributed by atoms with E-state index in [1.54, 1.807) is 7.11 Å². The molecule has 0 fully saturated rings. The van der Waals surface area contributed by atoms with Gasteiger partial charge in [-0.05, 0) is 43.0 Å². The van der Waals surface area contributed by atoms with E-state index < -0.39 is 0 Å². The number of benzene rings is 2. The van der Waals surface area contributed by atoms with Crippen molar-refractivity contribution in [2.24, 2.45) is 0 Å². The maximum atomic E-state index is 12.4. The molecule has 2 aromatic carbocycles. The van der Waals surface area contributed by atoms with Gasteiger partial charge in [0.2, 0.25) is 0 Å². The fourth-order valence-corrected chi connectivity index (χ4v) is 2.47. The molecule has 0 aromatic heterocycles. The maximum absolute atomic E-state index is 12.4. The monoisotopic (exact) mass is 268 g/mol. The standard InChI is InChI=1S/C18H20O2/c1-13-11-14(2)18(17(12-13)20-3)16(19)10-9-15-7-5-4-6-8-15/h4-8,11-12H,9-10H2,1-3H3. The van der Waals surface area contributed by atoms with Gasteiger partial charge in [0.05, 0.1) is 12.7 Å². The summed E-state index contributed by atoms with van der Waals surface area (Å²) < 4.78 is 5.36. The number of ketones is 1. The molecule has 0 radical (unpaired) electrons. The van der Waals surface area contributed by atoms with E-state index in [1.807, 2.05) is 56.3 Å². The van der Waals surface area contributed by atoms with Gasteiger partial charge in [0.15, 0.2) is 5.78 Å². The molecule has 0 N–H and O–H groups in total. The van der Waals surface area contributed by atoms with E-state index in [-0.39, 0.29) is 5.78 Å². The normalized spacial score (nSPS) is 10.3. The molecule has 2 heteroatoms. The van der Waals surface area contributed by atoms with Crippen LogP contribution in [-0.2, 0) is 6.42 Å². The minimum Gasteiger partial charge on any atom is -0.496 e. The number of carbonyl (C=O) groups excluding carboxylic acids is 1. The number of hydrogen-bond donors (Lipinski definition) is 0. The van der Waals surface area contributed by atoms with Crippen LogP contribution in [0.5, 0.6) is 5.75 Å². The molecule has 2 rings (SSSR count). The van der Waals surface area contributed by atoms with Gasteiger partial charge in [0.25, 0.3) is 0 Å². The predicted molar refractivity (Wildman–Crippen MR) is 81.6 cm³/mol. The number of carbonyl (C=O) groups is 1. The van der Waals surface area contributed by atoms with Gasteiger partial charge in [-0.25, -0.2) is 0 Å². The van der Waals surface area contributed by atoms with Crippen molar-refractivity contribution >= 4 is 5.78 Å². The molecule has 0 bridgehead atoms. The van der Waals surface area contributed by atoms with Crippen molar-refractivity contribution in [2.75, 3.05) is 7.11 Å². The van der Waals surface area contributed by atoms with Crippen molar-refractivity contribution in [3.63, 3.8) is 0 Å². The van der Waals surface area contributed by atoms with Crippen LogP contribution in [-0.4, -0.2) is 12.9 Å². The van der Waals surface area contributed by atoms with Crippen LogP contribution < -0.4 is 4.74 Å². The van der Waals surface area contributed by atoms with Crippen LogP contribution in [0.3, 0.4) is 0 Å². The number of ether oxygens (including phenoxy) is 1. The fourth-order valence-electron chi connectivity index (χ4n) is 2.47. The zero-order valence-corrected chi connectivity index (χ0v) is 12.3. The largest absolute Gasteiger partial charge is 0.496 e. The lowest BCUT2D eigenvalue weighted by atomic mass is 9.97. The lowest BCUT2D eigenvalue weighted by Crippen LogP contribution is -2.06. The number of Topliss-reactive ketones (excluding diaryl/α,β-unsaturated/α-hetero) is 1. The highest BCUT2D eigenvalue weighted by atomic mass is 16.5.